The first kappa shape index (κ1) is 24.5. The molecule has 0 atom stereocenters. The maximum Gasteiger partial charge on any atom is 0.269 e. The molecule has 0 aliphatic heterocycles. The van der Waals surface area contributed by atoms with Crippen LogP contribution in [0.3, 0.4) is 0 Å². The Morgan fingerprint density at radius 2 is 1.66 bits per heavy atom. The molecule has 2 aromatic carbocycles. The minimum Gasteiger partial charge on any atom is -0.494 e. The van der Waals surface area contributed by atoms with E-state index in [0.29, 0.717) is 24.3 Å². The number of nitrogens with one attached hydrogen (secondary N) is 4. The van der Waals surface area contributed by atoms with Crippen molar-refractivity contribution in [3.05, 3.63) is 65.7 Å². The van der Waals surface area contributed by atoms with Crippen LogP contribution in [0.4, 0.5) is 5.69 Å². The first-order valence-corrected chi connectivity index (χ1v) is 10.5. The maximum absolute atomic E-state index is 12.2. The summed E-state index contributed by atoms with van der Waals surface area (Å²) in [5.74, 6) is -0.217. The van der Waals surface area contributed by atoms with Gasteiger partial charge in [0.15, 0.2) is 5.11 Å². The van der Waals surface area contributed by atoms with E-state index < -0.39 is 11.8 Å². The van der Waals surface area contributed by atoms with Crippen LogP contribution in [0.5, 0.6) is 5.75 Å². The van der Waals surface area contributed by atoms with Crippen LogP contribution in [-0.4, -0.2) is 29.4 Å². The number of anilines is 1. The van der Waals surface area contributed by atoms with Crippen LogP contribution in [0.25, 0.3) is 6.08 Å². The zero-order chi connectivity index (χ0) is 23.3. The molecule has 0 aliphatic carbocycles. The molecule has 0 bridgehead atoms. The summed E-state index contributed by atoms with van der Waals surface area (Å²) < 4.78 is 5.37. The van der Waals surface area contributed by atoms with Gasteiger partial charge in [-0.2, -0.15) is 0 Å². The molecule has 0 radical (unpaired) electrons. The molecule has 0 unspecified atom stereocenters. The van der Waals surface area contributed by atoms with Crippen molar-refractivity contribution in [2.75, 3.05) is 11.9 Å². The van der Waals surface area contributed by atoms with Crippen molar-refractivity contribution in [1.82, 2.24) is 16.2 Å². The van der Waals surface area contributed by atoms with Crippen molar-refractivity contribution < 1.29 is 19.1 Å². The predicted octanol–water partition coefficient (Wildman–Crippen LogP) is 3.17. The van der Waals surface area contributed by atoms with Crippen LogP contribution >= 0.6 is 12.2 Å². The van der Waals surface area contributed by atoms with Crippen molar-refractivity contribution in [2.24, 2.45) is 0 Å². The minimum atomic E-state index is -0.446. The lowest BCUT2D eigenvalue weighted by Gasteiger charge is -2.10. The van der Waals surface area contributed by atoms with Crippen molar-refractivity contribution in [1.29, 1.82) is 0 Å². The summed E-state index contributed by atoms with van der Waals surface area (Å²) in [5, 5.41) is 5.13. The van der Waals surface area contributed by atoms with Gasteiger partial charge in [0.2, 0.25) is 11.8 Å². The highest BCUT2D eigenvalue weighted by molar-refractivity contribution is 7.80. The molecule has 168 valence electrons. The molecule has 0 saturated carbocycles. The molecule has 32 heavy (non-hydrogen) atoms. The molecule has 2 aromatic rings. The lowest BCUT2D eigenvalue weighted by atomic mass is 10.2. The Morgan fingerprint density at radius 3 is 2.28 bits per heavy atom. The average molecular weight is 455 g/mol. The summed E-state index contributed by atoms with van der Waals surface area (Å²) in [6.45, 7) is 4.41. The third-order valence-corrected chi connectivity index (χ3v) is 4.26. The van der Waals surface area contributed by atoms with Gasteiger partial charge in [0.1, 0.15) is 5.75 Å². The van der Waals surface area contributed by atoms with Gasteiger partial charge in [0.25, 0.3) is 5.91 Å². The third-order valence-electron chi connectivity index (χ3n) is 4.05. The van der Waals surface area contributed by atoms with Crippen LogP contribution in [0.2, 0.25) is 0 Å². The van der Waals surface area contributed by atoms with Gasteiger partial charge in [-0.25, -0.2) is 0 Å². The molecule has 0 fully saturated rings. The van der Waals surface area contributed by atoms with Crippen LogP contribution in [0.15, 0.2) is 54.6 Å². The number of amides is 3. The van der Waals surface area contributed by atoms with Gasteiger partial charge in [-0.3, -0.25) is 30.6 Å². The molecule has 3 amide bonds. The van der Waals surface area contributed by atoms with Crippen molar-refractivity contribution in [2.45, 2.75) is 26.7 Å². The van der Waals surface area contributed by atoms with Gasteiger partial charge in [0.05, 0.1) is 6.61 Å². The summed E-state index contributed by atoms with van der Waals surface area (Å²) in [6.07, 6.45) is 4.15. The standard InChI is InChI=1S/C23H26N4O4S/c1-3-5-20(28)24-18-11-9-17(10-12-18)22(30)26-27-23(32)25-21(29)15-8-16-6-13-19(14-7-16)31-4-2/h6-15H,3-5H2,1-2H3,(H,24,28)(H,26,30)(H2,25,27,29,32)/b15-8+. The number of hydrogen-bond acceptors (Lipinski definition) is 5. The van der Waals surface area contributed by atoms with Crippen molar-refractivity contribution in [3.8, 4) is 5.75 Å². The van der Waals surface area contributed by atoms with Gasteiger partial charge in [-0.1, -0.05) is 19.1 Å². The molecule has 0 saturated heterocycles. The maximum atomic E-state index is 12.2. The second kappa shape index (κ2) is 12.9. The van der Waals surface area contributed by atoms with Gasteiger partial charge in [-0.05, 0) is 73.6 Å². The highest BCUT2D eigenvalue weighted by Crippen LogP contribution is 2.13. The Kier molecular flexibility index (Phi) is 9.86. The van der Waals surface area contributed by atoms with E-state index in [1.165, 1.54) is 6.08 Å². The van der Waals surface area contributed by atoms with E-state index in [2.05, 4.69) is 21.5 Å². The monoisotopic (exact) mass is 454 g/mol. The molecule has 8 nitrogen and oxygen atoms in total. The highest BCUT2D eigenvalue weighted by atomic mass is 32.1. The van der Waals surface area contributed by atoms with Gasteiger partial charge >= 0.3 is 0 Å². The summed E-state index contributed by atoms with van der Waals surface area (Å²) in [4.78, 5) is 35.8. The van der Waals surface area contributed by atoms with E-state index in [9.17, 15) is 14.4 Å². The lowest BCUT2D eigenvalue weighted by Crippen LogP contribution is -2.48. The highest BCUT2D eigenvalue weighted by Gasteiger charge is 2.08. The number of benzene rings is 2. The zero-order valence-corrected chi connectivity index (χ0v) is 18.8. The van der Waals surface area contributed by atoms with E-state index in [1.807, 2.05) is 38.1 Å². The normalized spacial score (nSPS) is 10.3. The second-order valence-corrected chi connectivity index (χ2v) is 7.02. The molecule has 4 N–H and O–H groups in total. The number of carbonyl (C=O) groups is 3. The topological polar surface area (TPSA) is 109 Å². The Hall–Kier alpha value is -3.72. The fraction of sp³-hybridized carbons (Fsp3) is 0.217. The number of hydrazine groups is 1. The van der Waals surface area contributed by atoms with E-state index in [0.717, 1.165) is 17.7 Å². The third kappa shape index (κ3) is 8.57. The van der Waals surface area contributed by atoms with Crippen LogP contribution in [0, 0.1) is 0 Å². The van der Waals surface area contributed by atoms with E-state index >= 15 is 0 Å². The van der Waals surface area contributed by atoms with Crippen LogP contribution < -0.4 is 26.2 Å². The molecule has 0 spiro atoms. The lowest BCUT2D eigenvalue weighted by molar-refractivity contribution is -0.116. The smallest absolute Gasteiger partial charge is 0.269 e. The van der Waals surface area contributed by atoms with Gasteiger partial charge in [-0.15, -0.1) is 0 Å². The summed E-state index contributed by atoms with van der Waals surface area (Å²) in [5.41, 5.74) is 6.67. The first-order chi connectivity index (χ1) is 15.4. The average Bonchev–Trinajstić information content (AvgIpc) is 2.78. The van der Waals surface area contributed by atoms with Gasteiger partial charge in [0, 0.05) is 23.7 Å². The Balaban J connectivity index is 1.77. The second-order valence-electron chi connectivity index (χ2n) is 6.61. The largest absolute Gasteiger partial charge is 0.494 e. The molecular weight excluding hydrogens is 428 g/mol. The fourth-order valence-corrected chi connectivity index (χ4v) is 2.69. The minimum absolute atomic E-state index is 0.0526. The van der Waals surface area contributed by atoms with E-state index in [4.69, 9.17) is 17.0 Å². The number of carbonyl (C=O) groups excluding carboxylic acids is 3. The molecule has 0 heterocycles. The quantitative estimate of drug-likeness (QED) is 0.277. The first-order valence-electron chi connectivity index (χ1n) is 10.1. The van der Waals surface area contributed by atoms with E-state index in [-0.39, 0.29) is 11.0 Å². The Morgan fingerprint density at radius 1 is 0.969 bits per heavy atom. The summed E-state index contributed by atoms with van der Waals surface area (Å²) >= 11 is 5.01. The Bertz CT molecular complexity index is 972. The van der Waals surface area contributed by atoms with Crippen LogP contribution in [-0.2, 0) is 9.59 Å². The number of ether oxygens (including phenoxy) is 1. The summed E-state index contributed by atoms with van der Waals surface area (Å²) in [7, 11) is 0. The molecule has 0 aliphatic rings. The van der Waals surface area contributed by atoms with Crippen molar-refractivity contribution in [3.63, 3.8) is 0 Å². The molecule has 2 rings (SSSR count). The summed E-state index contributed by atoms with van der Waals surface area (Å²) in [6, 6.07) is 13.7. The van der Waals surface area contributed by atoms with E-state index in [1.54, 1.807) is 30.3 Å². The molecule has 0 aromatic heterocycles. The number of thiocarbonyl (C=S) groups is 1. The SMILES string of the molecule is CCCC(=O)Nc1ccc(C(=O)NNC(=S)NC(=O)/C=C/c2ccc(OCC)cc2)cc1. The number of rotatable bonds is 8. The molecular formula is C23H26N4O4S. The van der Waals surface area contributed by atoms with Crippen LogP contribution in [0.1, 0.15) is 42.6 Å². The zero-order valence-electron chi connectivity index (χ0n) is 17.9. The molecule has 9 heteroatoms. The predicted molar refractivity (Wildman–Crippen MR) is 128 cm³/mol. The fourth-order valence-electron chi connectivity index (χ4n) is 2.54. The van der Waals surface area contributed by atoms with Gasteiger partial charge < -0.3 is 10.1 Å². The Labute approximate surface area is 192 Å². The van der Waals surface area contributed by atoms with Crippen molar-refractivity contribution >= 4 is 46.8 Å². The number of hydrogen-bond donors (Lipinski definition) is 4.